The molecule has 2 aromatic carbocycles. The summed E-state index contributed by atoms with van der Waals surface area (Å²) in [4.78, 5) is 24.2. The summed E-state index contributed by atoms with van der Waals surface area (Å²) < 4.78 is 2.36. The van der Waals surface area contributed by atoms with Crippen molar-refractivity contribution in [2.24, 2.45) is 0 Å². The fraction of sp³-hybridized carbons (Fsp3) is 0.105. The largest absolute Gasteiger partial charge is 0.332 e. The lowest BCUT2D eigenvalue weighted by Crippen LogP contribution is -2.39. The molecule has 0 N–H and O–H groups in total. The summed E-state index contributed by atoms with van der Waals surface area (Å²) in [7, 11) is 0. The Labute approximate surface area is 138 Å². The van der Waals surface area contributed by atoms with Gasteiger partial charge >= 0.3 is 5.69 Å². The predicted molar refractivity (Wildman–Crippen MR) is 91.6 cm³/mol. The van der Waals surface area contributed by atoms with Crippen molar-refractivity contribution in [3.63, 3.8) is 0 Å². The number of nitriles is 1. The number of aromatic nitrogens is 2. The lowest BCUT2D eigenvalue weighted by atomic mass is 10.0. The van der Waals surface area contributed by atoms with Crippen LogP contribution in [0.2, 0.25) is 0 Å². The second-order valence-electron chi connectivity index (χ2n) is 5.37. The fourth-order valence-electron chi connectivity index (χ4n) is 2.51. The molecule has 118 valence electrons. The van der Waals surface area contributed by atoms with Gasteiger partial charge in [0.15, 0.2) is 0 Å². The van der Waals surface area contributed by atoms with Gasteiger partial charge in [-0.1, -0.05) is 54.6 Å². The van der Waals surface area contributed by atoms with Gasteiger partial charge in [0.05, 0.1) is 12.6 Å². The van der Waals surface area contributed by atoms with Gasteiger partial charge in [-0.3, -0.25) is 13.9 Å². The highest BCUT2D eigenvalue weighted by molar-refractivity contribution is 5.63. The molecule has 0 fully saturated rings. The van der Waals surface area contributed by atoms with E-state index in [1.807, 2.05) is 60.7 Å². The van der Waals surface area contributed by atoms with E-state index in [1.54, 1.807) is 0 Å². The molecule has 3 rings (SSSR count). The van der Waals surface area contributed by atoms with Crippen LogP contribution in [0.3, 0.4) is 0 Å². The van der Waals surface area contributed by atoms with Crippen LogP contribution in [0.15, 0.2) is 76.4 Å². The van der Waals surface area contributed by atoms with Gasteiger partial charge in [0, 0.05) is 12.3 Å². The third kappa shape index (κ3) is 3.18. The van der Waals surface area contributed by atoms with Gasteiger partial charge in [-0.2, -0.15) is 5.26 Å². The Bertz CT molecular complexity index is 994. The monoisotopic (exact) mass is 317 g/mol. The zero-order valence-corrected chi connectivity index (χ0v) is 12.9. The van der Waals surface area contributed by atoms with Gasteiger partial charge in [0.2, 0.25) is 0 Å². The standard InChI is InChI=1S/C19H15N3O2/c20-11-13-21-12-10-18(23)22(19(21)24)14-15-6-8-17(9-7-15)16-4-2-1-3-5-16/h1-10,12H,13-14H2. The van der Waals surface area contributed by atoms with Crippen molar-refractivity contribution in [1.82, 2.24) is 9.13 Å². The van der Waals surface area contributed by atoms with Crippen LogP contribution >= 0.6 is 0 Å². The first-order valence-corrected chi connectivity index (χ1v) is 7.50. The summed E-state index contributed by atoms with van der Waals surface area (Å²) in [5.74, 6) is 0. The Hall–Kier alpha value is -3.39. The Kier molecular flexibility index (Phi) is 4.39. The molecular formula is C19H15N3O2. The molecule has 0 aliphatic heterocycles. The van der Waals surface area contributed by atoms with Gasteiger partial charge in [-0.25, -0.2) is 4.79 Å². The first-order chi connectivity index (χ1) is 11.7. The van der Waals surface area contributed by atoms with E-state index in [9.17, 15) is 9.59 Å². The fourth-order valence-corrected chi connectivity index (χ4v) is 2.51. The molecule has 5 heteroatoms. The van der Waals surface area contributed by atoms with Crippen LogP contribution in [0.1, 0.15) is 5.56 Å². The van der Waals surface area contributed by atoms with Gasteiger partial charge in [0.1, 0.15) is 6.54 Å². The van der Waals surface area contributed by atoms with Crippen molar-refractivity contribution in [3.8, 4) is 17.2 Å². The van der Waals surface area contributed by atoms with Crippen LogP contribution in [-0.4, -0.2) is 9.13 Å². The lowest BCUT2D eigenvalue weighted by Gasteiger charge is -2.08. The molecule has 0 aliphatic rings. The first-order valence-electron chi connectivity index (χ1n) is 7.50. The highest BCUT2D eigenvalue weighted by Crippen LogP contribution is 2.19. The van der Waals surface area contributed by atoms with Gasteiger partial charge in [-0.05, 0) is 16.7 Å². The summed E-state index contributed by atoms with van der Waals surface area (Å²) >= 11 is 0. The molecule has 0 unspecified atom stereocenters. The Morgan fingerprint density at radius 2 is 1.54 bits per heavy atom. The molecule has 0 saturated carbocycles. The maximum absolute atomic E-state index is 12.2. The number of nitrogens with zero attached hydrogens (tertiary/aromatic N) is 3. The molecule has 0 radical (unpaired) electrons. The lowest BCUT2D eigenvalue weighted by molar-refractivity contribution is 0.621. The second-order valence-corrected chi connectivity index (χ2v) is 5.37. The van der Waals surface area contributed by atoms with Crippen LogP contribution in [-0.2, 0) is 13.1 Å². The molecule has 24 heavy (non-hydrogen) atoms. The number of rotatable bonds is 4. The third-order valence-electron chi connectivity index (χ3n) is 3.78. The maximum atomic E-state index is 12.2. The topological polar surface area (TPSA) is 67.8 Å². The van der Waals surface area contributed by atoms with Crippen molar-refractivity contribution in [3.05, 3.63) is 93.3 Å². The zero-order chi connectivity index (χ0) is 16.9. The summed E-state index contributed by atoms with van der Waals surface area (Å²) in [6.45, 7) is 0.102. The van der Waals surface area contributed by atoms with Crippen LogP contribution in [0, 0.1) is 11.3 Å². The summed E-state index contributed by atoms with van der Waals surface area (Å²) in [6, 6.07) is 20.9. The zero-order valence-electron chi connectivity index (χ0n) is 12.9. The molecule has 0 saturated heterocycles. The highest BCUT2D eigenvalue weighted by Gasteiger charge is 2.06. The van der Waals surface area contributed by atoms with Crippen molar-refractivity contribution < 1.29 is 0 Å². The van der Waals surface area contributed by atoms with E-state index in [0.717, 1.165) is 21.3 Å². The minimum absolute atomic E-state index is 0.0773. The number of hydrogen-bond acceptors (Lipinski definition) is 3. The Balaban J connectivity index is 1.90. The summed E-state index contributed by atoms with van der Waals surface area (Å²) in [5.41, 5.74) is 2.18. The number of benzene rings is 2. The average molecular weight is 317 g/mol. The van der Waals surface area contributed by atoms with Crippen LogP contribution in [0.5, 0.6) is 0 Å². The van der Waals surface area contributed by atoms with Crippen LogP contribution < -0.4 is 11.2 Å². The van der Waals surface area contributed by atoms with E-state index in [2.05, 4.69) is 0 Å². The second kappa shape index (κ2) is 6.80. The predicted octanol–water partition coefficient (Wildman–Crippen LogP) is 2.25. The molecule has 0 spiro atoms. The maximum Gasteiger partial charge on any atom is 0.332 e. The van der Waals surface area contributed by atoms with E-state index in [1.165, 1.54) is 16.8 Å². The quantitative estimate of drug-likeness (QED) is 0.741. The van der Waals surface area contributed by atoms with E-state index >= 15 is 0 Å². The summed E-state index contributed by atoms with van der Waals surface area (Å²) in [6.07, 6.45) is 1.35. The average Bonchev–Trinajstić information content (AvgIpc) is 2.62. The number of hydrogen-bond donors (Lipinski definition) is 0. The Morgan fingerprint density at radius 3 is 2.21 bits per heavy atom. The van der Waals surface area contributed by atoms with Gasteiger partial charge < -0.3 is 0 Å². The highest BCUT2D eigenvalue weighted by atomic mass is 16.2. The molecular weight excluding hydrogens is 302 g/mol. The van der Waals surface area contributed by atoms with Gasteiger partial charge in [0.25, 0.3) is 5.56 Å². The third-order valence-corrected chi connectivity index (χ3v) is 3.78. The van der Waals surface area contributed by atoms with Crippen molar-refractivity contribution in [1.29, 1.82) is 5.26 Å². The van der Waals surface area contributed by atoms with E-state index in [-0.39, 0.29) is 18.6 Å². The molecule has 0 aliphatic carbocycles. The molecule has 0 amide bonds. The first kappa shape index (κ1) is 15.5. The molecule has 3 aromatic rings. The normalized spacial score (nSPS) is 10.3. The van der Waals surface area contributed by atoms with Crippen molar-refractivity contribution in [2.45, 2.75) is 13.1 Å². The van der Waals surface area contributed by atoms with E-state index in [4.69, 9.17) is 5.26 Å². The molecule has 1 aromatic heterocycles. The molecule has 0 bridgehead atoms. The Morgan fingerprint density at radius 1 is 0.875 bits per heavy atom. The van der Waals surface area contributed by atoms with E-state index in [0.29, 0.717) is 0 Å². The van der Waals surface area contributed by atoms with E-state index < -0.39 is 5.69 Å². The van der Waals surface area contributed by atoms with Crippen LogP contribution in [0.25, 0.3) is 11.1 Å². The molecule has 5 nitrogen and oxygen atoms in total. The SMILES string of the molecule is N#CCn1ccc(=O)n(Cc2ccc(-c3ccccc3)cc2)c1=O. The molecule has 0 atom stereocenters. The smallest absolute Gasteiger partial charge is 0.287 e. The summed E-state index contributed by atoms with van der Waals surface area (Å²) in [5, 5.41) is 8.74. The molecule has 1 heterocycles. The van der Waals surface area contributed by atoms with Crippen LogP contribution in [0.4, 0.5) is 0 Å². The van der Waals surface area contributed by atoms with Gasteiger partial charge in [-0.15, -0.1) is 0 Å². The minimum atomic E-state index is -0.476. The minimum Gasteiger partial charge on any atom is -0.287 e. The van der Waals surface area contributed by atoms with Crippen molar-refractivity contribution >= 4 is 0 Å². The van der Waals surface area contributed by atoms with Crippen molar-refractivity contribution in [2.75, 3.05) is 0 Å².